The molecule has 0 saturated carbocycles. The lowest BCUT2D eigenvalue weighted by Gasteiger charge is -2.04. The molecule has 0 aliphatic rings. The van der Waals surface area contributed by atoms with Crippen LogP contribution >= 0.6 is 0 Å². The van der Waals surface area contributed by atoms with Crippen molar-refractivity contribution in [2.24, 2.45) is 0 Å². The predicted molar refractivity (Wildman–Crippen MR) is 71.4 cm³/mol. The van der Waals surface area contributed by atoms with Crippen molar-refractivity contribution >= 4 is 16.8 Å². The van der Waals surface area contributed by atoms with E-state index in [0.29, 0.717) is 11.1 Å². The second-order valence-corrected chi connectivity index (χ2v) is 4.23. The Kier molecular flexibility index (Phi) is 3.23. The third kappa shape index (κ3) is 2.66. The van der Waals surface area contributed by atoms with Gasteiger partial charge in [-0.25, -0.2) is 9.37 Å². The molecule has 0 amide bonds. The number of oxazole rings is 1. The zero-order valence-electron chi connectivity index (χ0n) is 10.7. The minimum atomic E-state index is -0.638. The van der Waals surface area contributed by atoms with Gasteiger partial charge in [-0.05, 0) is 18.2 Å². The van der Waals surface area contributed by atoms with E-state index in [9.17, 15) is 14.5 Å². The van der Waals surface area contributed by atoms with E-state index in [1.165, 1.54) is 0 Å². The van der Waals surface area contributed by atoms with E-state index in [4.69, 9.17) is 9.15 Å². The third-order valence-electron chi connectivity index (χ3n) is 2.81. The molecule has 106 valence electrons. The Balaban J connectivity index is 1.84. The van der Waals surface area contributed by atoms with Crippen LogP contribution in [0.4, 0.5) is 10.1 Å². The van der Waals surface area contributed by atoms with Crippen molar-refractivity contribution in [3.8, 4) is 5.75 Å². The second kappa shape index (κ2) is 5.20. The van der Waals surface area contributed by atoms with Crippen LogP contribution in [0.5, 0.6) is 5.75 Å². The van der Waals surface area contributed by atoms with Gasteiger partial charge < -0.3 is 9.15 Å². The van der Waals surface area contributed by atoms with Crippen LogP contribution < -0.4 is 4.74 Å². The van der Waals surface area contributed by atoms with E-state index in [1.807, 2.05) is 6.07 Å². The van der Waals surface area contributed by atoms with E-state index in [1.54, 1.807) is 18.2 Å². The molecule has 6 nitrogen and oxygen atoms in total. The molecule has 7 heteroatoms. The molecule has 0 radical (unpaired) electrons. The van der Waals surface area contributed by atoms with Crippen molar-refractivity contribution in [1.29, 1.82) is 0 Å². The first-order valence-electron chi connectivity index (χ1n) is 6.04. The highest BCUT2D eigenvalue weighted by Crippen LogP contribution is 2.28. The molecule has 0 aliphatic heterocycles. The minimum Gasteiger partial charge on any atom is -0.477 e. The molecule has 1 aromatic heterocycles. The summed E-state index contributed by atoms with van der Waals surface area (Å²) in [5.41, 5.74) is 0.933. The van der Waals surface area contributed by atoms with Crippen molar-refractivity contribution in [1.82, 2.24) is 4.98 Å². The number of hydrogen-bond donors (Lipinski definition) is 0. The maximum Gasteiger partial charge on any atom is 0.311 e. The summed E-state index contributed by atoms with van der Waals surface area (Å²) in [4.78, 5) is 14.4. The van der Waals surface area contributed by atoms with E-state index < -0.39 is 10.7 Å². The fourth-order valence-corrected chi connectivity index (χ4v) is 1.88. The normalized spacial score (nSPS) is 10.7. The van der Waals surface area contributed by atoms with Crippen LogP contribution in [0.3, 0.4) is 0 Å². The molecular weight excluding hydrogens is 279 g/mol. The Bertz CT molecular complexity index is 783. The summed E-state index contributed by atoms with van der Waals surface area (Å²) in [6.45, 7) is -0.126. The minimum absolute atomic E-state index is 0.126. The summed E-state index contributed by atoms with van der Waals surface area (Å²) in [5, 5.41) is 10.8. The van der Waals surface area contributed by atoms with Gasteiger partial charge in [0.25, 0.3) is 0 Å². The van der Waals surface area contributed by atoms with Gasteiger partial charge in [-0.1, -0.05) is 12.1 Å². The highest BCUT2D eigenvalue weighted by molar-refractivity contribution is 5.72. The fraction of sp³-hybridized carbons (Fsp3) is 0.0714. The summed E-state index contributed by atoms with van der Waals surface area (Å²) >= 11 is 0. The number of ether oxygens (including phenoxy) is 1. The lowest BCUT2D eigenvalue weighted by atomic mass is 10.3. The molecule has 1 heterocycles. The van der Waals surface area contributed by atoms with Gasteiger partial charge in [0.2, 0.25) is 11.6 Å². The summed E-state index contributed by atoms with van der Waals surface area (Å²) in [6, 6.07) is 10.1. The molecule has 2 aromatic carbocycles. The largest absolute Gasteiger partial charge is 0.477 e. The summed E-state index contributed by atoms with van der Waals surface area (Å²) in [6.07, 6.45) is 0. The Morgan fingerprint density at radius 1 is 1.29 bits per heavy atom. The zero-order valence-corrected chi connectivity index (χ0v) is 10.7. The Labute approximate surface area is 117 Å². The van der Waals surface area contributed by atoms with Gasteiger partial charge in [-0.3, -0.25) is 10.1 Å². The lowest BCUT2D eigenvalue weighted by molar-refractivity contribution is -0.386. The summed E-state index contributed by atoms with van der Waals surface area (Å²) in [7, 11) is 0. The number of hydrogen-bond acceptors (Lipinski definition) is 5. The number of fused-ring (bicyclic) bond motifs is 1. The molecule has 0 atom stereocenters. The third-order valence-corrected chi connectivity index (χ3v) is 2.81. The monoisotopic (exact) mass is 288 g/mol. The molecule has 0 N–H and O–H groups in total. The van der Waals surface area contributed by atoms with Crippen LogP contribution in [0.1, 0.15) is 5.89 Å². The maximum atomic E-state index is 13.2. The Morgan fingerprint density at radius 3 is 2.86 bits per heavy atom. The van der Waals surface area contributed by atoms with Gasteiger partial charge in [-0.15, -0.1) is 0 Å². The molecule has 3 aromatic rings. The van der Waals surface area contributed by atoms with Crippen LogP contribution in [-0.4, -0.2) is 9.91 Å². The van der Waals surface area contributed by atoms with Crippen LogP contribution in [0.25, 0.3) is 11.1 Å². The maximum absolute atomic E-state index is 13.2. The molecule has 0 spiro atoms. The van der Waals surface area contributed by atoms with Gasteiger partial charge in [-0.2, -0.15) is 0 Å². The number of rotatable bonds is 4. The first-order valence-corrected chi connectivity index (χ1v) is 6.04. The SMILES string of the molecule is O=[N+]([O-])c1ccc(F)cc1OCc1nc2ccccc2o1. The Morgan fingerprint density at radius 2 is 2.10 bits per heavy atom. The molecule has 0 bridgehead atoms. The predicted octanol–water partition coefficient (Wildman–Crippen LogP) is 3.45. The number of para-hydroxylation sites is 2. The first kappa shape index (κ1) is 13.0. The van der Waals surface area contributed by atoms with Crippen molar-refractivity contribution in [3.05, 3.63) is 64.3 Å². The van der Waals surface area contributed by atoms with E-state index in [0.717, 1.165) is 18.2 Å². The number of nitro benzene ring substituents is 1. The fourth-order valence-electron chi connectivity index (χ4n) is 1.88. The molecule has 0 fully saturated rings. The Hall–Kier alpha value is -2.96. The van der Waals surface area contributed by atoms with Crippen LogP contribution in [0.2, 0.25) is 0 Å². The van der Waals surface area contributed by atoms with Crippen molar-refractivity contribution < 1.29 is 18.5 Å². The van der Waals surface area contributed by atoms with Crippen molar-refractivity contribution in [2.75, 3.05) is 0 Å². The number of aromatic nitrogens is 1. The standard InChI is InChI=1S/C14H9FN2O4/c15-9-5-6-11(17(18)19)13(7-9)20-8-14-16-10-3-1-2-4-12(10)21-14/h1-7H,8H2. The summed E-state index contributed by atoms with van der Waals surface area (Å²) < 4.78 is 23.8. The second-order valence-electron chi connectivity index (χ2n) is 4.23. The van der Waals surface area contributed by atoms with Gasteiger partial charge in [0, 0.05) is 12.1 Å². The molecule has 3 rings (SSSR count). The van der Waals surface area contributed by atoms with Crippen LogP contribution in [0, 0.1) is 15.9 Å². The first-order chi connectivity index (χ1) is 10.1. The average Bonchev–Trinajstić information content (AvgIpc) is 2.87. The molecule has 0 unspecified atom stereocenters. The average molecular weight is 288 g/mol. The van der Waals surface area contributed by atoms with Crippen molar-refractivity contribution in [3.63, 3.8) is 0 Å². The van der Waals surface area contributed by atoms with E-state index in [2.05, 4.69) is 4.98 Å². The van der Waals surface area contributed by atoms with E-state index in [-0.39, 0.29) is 23.9 Å². The molecule has 21 heavy (non-hydrogen) atoms. The van der Waals surface area contributed by atoms with Gasteiger partial charge in [0.15, 0.2) is 12.2 Å². The van der Waals surface area contributed by atoms with Crippen LogP contribution in [0.15, 0.2) is 46.9 Å². The van der Waals surface area contributed by atoms with Crippen molar-refractivity contribution in [2.45, 2.75) is 6.61 Å². The number of benzene rings is 2. The topological polar surface area (TPSA) is 78.4 Å². The van der Waals surface area contributed by atoms with E-state index >= 15 is 0 Å². The summed E-state index contributed by atoms with van der Waals surface area (Å²) in [5.74, 6) is -0.523. The lowest BCUT2D eigenvalue weighted by Crippen LogP contribution is -1.99. The number of nitrogens with zero attached hydrogens (tertiary/aromatic N) is 2. The van der Waals surface area contributed by atoms with Crippen LogP contribution in [-0.2, 0) is 6.61 Å². The number of halogens is 1. The smallest absolute Gasteiger partial charge is 0.311 e. The van der Waals surface area contributed by atoms with Gasteiger partial charge in [0.1, 0.15) is 11.3 Å². The number of nitro groups is 1. The quantitative estimate of drug-likeness (QED) is 0.542. The molecule has 0 aliphatic carbocycles. The van der Waals surface area contributed by atoms with Gasteiger partial charge in [0.05, 0.1) is 4.92 Å². The molecular formula is C14H9FN2O4. The highest BCUT2D eigenvalue weighted by atomic mass is 19.1. The van der Waals surface area contributed by atoms with Gasteiger partial charge >= 0.3 is 5.69 Å². The zero-order chi connectivity index (χ0) is 14.8. The highest BCUT2D eigenvalue weighted by Gasteiger charge is 2.17. The molecule has 0 saturated heterocycles.